The van der Waals surface area contributed by atoms with Crippen LogP contribution in [0.3, 0.4) is 0 Å². The van der Waals surface area contributed by atoms with Gasteiger partial charge in [-0.25, -0.2) is 0 Å². The maximum Gasteiger partial charge on any atom is 0.123 e. The molecule has 1 saturated carbocycles. The lowest BCUT2D eigenvalue weighted by Crippen LogP contribution is -2.36. The maximum absolute atomic E-state index is 6.08. The third-order valence-electron chi connectivity index (χ3n) is 5.00. The molecule has 2 rings (SSSR count). The fourth-order valence-corrected chi connectivity index (χ4v) is 3.49. The van der Waals surface area contributed by atoms with Gasteiger partial charge in [-0.1, -0.05) is 37.5 Å². The van der Waals surface area contributed by atoms with E-state index in [4.69, 9.17) is 10.5 Å². The lowest BCUT2D eigenvalue weighted by molar-refractivity contribution is 0.154. The van der Waals surface area contributed by atoms with Gasteiger partial charge in [-0.3, -0.25) is 0 Å². The maximum atomic E-state index is 6.08. The monoisotopic (exact) mass is 290 g/mol. The second kappa shape index (κ2) is 7.81. The summed E-state index contributed by atoms with van der Waals surface area (Å²) < 4.78 is 5.44. The van der Waals surface area contributed by atoms with Gasteiger partial charge in [0.05, 0.1) is 7.11 Å². The lowest BCUT2D eigenvalue weighted by atomic mass is 9.72. The number of methoxy groups -OCH3 is 1. The zero-order chi connectivity index (χ0) is 15.1. The Labute approximate surface area is 129 Å². The zero-order valence-corrected chi connectivity index (χ0v) is 13.6. The molecule has 0 unspecified atom stereocenters. The van der Waals surface area contributed by atoms with E-state index in [-0.39, 0.29) is 0 Å². The highest BCUT2D eigenvalue weighted by molar-refractivity contribution is 5.32. The number of hydrogen-bond donors (Lipinski definition) is 1. The molecule has 0 aliphatic heterocycles. The molecule has 1 aliphatic rings. The average Bonchev–Trinajstić information content (AvgIpc) is 2.54. The van der Waals surface area contributed by atoms with Crippen LogP contribution in [0.1, 0.15) is 44.1 Å². The van der Waals surface area contributed by atoms with Crippen LogP contribution in [0, 0.1) is 5.41 Å². The van der Waals surface area contributed by atoms with Crippen molar-refractivity contribution < 1.29 is 4.74 Å². The molecule has 3 heteroatoms. The Bertz CT molecular complexity index is 427. The van der Waals surface area contributed by atoms with Gasteiger partial charge in [-0.15, -0.1) is 0 Å². The van der Waals surface area contributed by atoms with Crippen LogP contribution in [-0.4, -0.2) is 32.1 Å². The molecule has 3 nitrogen and oxygen atoms in total. The van der Waals surface area contributed by atoms with Crippen molar-refractivity contribution in [3.8, 4) is 5.75 Å². The van der Waals surface area contributed by atoms with Crippen molar-refractivity contribution >= 4 is 0 Å². The molecule has 0 atom stereocenters. The minimum Gasteiger partial charge on any atom is -0.496 e. The second-order valence-electron chi connectivity index (χ2n) is 6.56. The number of rotatable bonds is 7. The van der Waals surface area contributed by atoms with Gasteiger partial charge in [0.2, 0.25) is 0 Å². The summed E-state index contributed by atoms with van der Waals surface area (Å²) in [5, 5.41) is 0. The highest BCUT2D eigenvalue weighted by atomic mass is 16.5. The topological polar surface area (TPSA) is 38.5 Å². The van der Waals surface area contributed by atoms with Crippen LogP contribution in [0.2, 0.25) is 0 Å². The predicted octanol–water partition coefficient (Wildman–Crippen LogP) is 3.43. The third-order valence-corrected chi connectivity index (χ3v) is 5.00. The van der Waals surface area contributed by atoms with E-state index in [0.29, 0.717) is 5.41 Å². The Morgan fingerprint density at radius 1 is 1.19 bits per heavy atom. The normalized spacial score (nSPS) is 17.9. The molecule has 2 N–H and O–H groups in total. The number of hydrogen-bond acceptors (Lipinski definition) is 3. The van der Waals surface area contributed by atoms with Crippen LogP contribution in [0.4, 0.5) is 0 Å². The zero-order valence-electron chi connectivity index (χ0n) is 13.6. The van der Waals surface area contributed by atoms with Gasteiger partial charge in [-0.2, -0.15) is 0 Å². The van der Waals surface area contributed by atoms with Crippen LogP contribution >= 0.6 is 0 Å². The van der Waals surface area contributed by atoms with E-state index < -0.39 is 0 Å². The molecule has 0 spiro atoms. The Hall–Kier alpha value is -1.06. The summed E-state index contributed by atoms with van der Waals surface area (Å²) >= 11 is 0. The first kappa shape index (κ1) is 16.3. The molecule has 0 amide bonds. The molecule has 0 heterocycles. The average molecular weight is 290 g/mol. The predicted molar refractivity (Wildman–Crippen MR) is 88.5 cm³/mol. The quantitative estimate of drug-likeness (QED) is 0.836. The van der Waals surface area contributed by atoms with Crippen molar-refractivity contribution in [2.24, 2.45) is 11.1 Å². The number of para-hydroxylation sites is 1. The Morgan fingerprint density at radius 3 is 2.57 bits per heavy atom. The molecule has 0 radical (unpaired) electrons. The van der Waals surface area contributed by atoms with Crippen molar-refractivity contribution in [2.45, 2.75) is 45.1 Å². The molecule has 1 aromatic rings. The standard InChI is InChI=1S/C18H30N2O/c1-20(14-16-8-4-5-9-17(16)21-2)13-12-18(15-19)10-6-3-7-11-18/h4-5,8-9H,3,6-7,10-15,19H2,1-2H3. The van der Waals surface area contributed by atoms with Crippen LogP contribution < -0.4 is 10.5 Å². The summed E-state index contributed by atoms with van der Waals surface area (Å²) in [5.41, 5.74) is 7.74. The van der Waals surface area contributed by atoms with Gasteiger partial charge < -0.3 is 15.4 Å². The SMILES string of the molecule is COc1ccccc1CN(C)CCC1(CN)CCCCC1. The Kier molecular flexibility index (Phi) is 6.07. The smallest absolute Gasteiger partial charge is 0.123 e. The molecular weight excluding hydrogens is 260 g/mol. The van der Waals surface area contributed by atoms with Gasteiger partial charge in [0, 0.05) is 12.1 Å². The van der Waals surface area contributed by atoms with E-state index >= 15 is 0 Å². The first-order valence-corrected chi connectivity index (χ1v) is 8.20. The molecule has 0 bridgehead atoms. The summed E-state index contributed by atoms with van der Waals surface area (Å²) in [6.45, 7) is 2.88. The van der Waals surface area contributed by atoms with Gasteiger partial charge in [0.1, 0.15) is 5.75 Å². The summed E-state index contributed by atoms with van der Waals surface area (Å²) in [7, 11) is 3.93. The summed E-state index contributed by atoms with van der Waals surface area (Å²) in [4.78, 5) is 2.39. The van der Waals surface area contributed by atoms with Crippen LogP contribution in [-0.2, 0) is 6.54 Å². The van der Waals surface area contributed by atoms with E-state index in [1.165, 1.54) is 44.1 Å². The Morgan fingerprint density at radius 2 is 1.90 bits per heavy atom. The first-order chi connectivity index (χ1) is 10.2. The minimum atomic E-state index is 0.396. The summed E-state index contributed by atoms with van der Waals surface area (Å²) in [6.07, 6.45) is 7.94. The van der Waals surface area contributed by atoms with E-state index in [1.54, 1.807) is 7.11 Å². The number of nitrogens with two attached hydrogens (primary N) is 1. The second-order valence-corrected chi connectivity index (χ2v) is 6.56. The first-order valence-electron chi connectivity index (χ1n) is 8.20. The van der Waals surface area contributed by atoms with Crippen molar-refractivity contribution in [1.82, 2.24) is 4.90 Å². The number of ether oxygens (including phenoxy) is 1. The van der Waals surface area contributed by atoms with E-state index in [2.05, 4.69) is 24.1 Å². The number of benzene rings is 1. The van der Waals surface area contributed by atoms with Gasteiger partial charge >= 0.3 is 0 Å². The van der Waals surface area contributed by atoms with Crippen molar-refractivity contribution in [1.29, 1.82) is 0 Å². The highest BCUT2D eigenvalue weighted by Crippen LogP contribution is 2.38. The summed E-state index contributed by atoms with van der Waals surface area (Å²) in [5.74, 6) is 0.982. The van der Waals surface area contributed by atoms with Gasteiger partial charge in [0.25, 0.3) is 0 Å². The third kappa shape index (κ3) is 4.45. The largest absolute Gasteiger partial charge is 0.496 e. The molecule has 1 aromatic carbocycles. The van der Waals surface area contributed by atoms with Crippen molar-refractivity contribution in [2.75, 3.05) is 27.2 Å². The van der Waals surface area contributed by atoms with Gasteiger partial charge in [0.15, 0.2) is 0 Å². The van der Waals surface area contributed by atoms with E-state index in [9.17, 15) is 0 Å². The lowest BCUT2D eigenvalue weighted by Gasteiger charge is -2.37. The van der Waals surface area contributed by atoms with Gasteiger partial charge in [-0.05, 0) is 50.9 Å². The Balaban J connectivity index is 1.88. The minimum absolute atomic E-state index is 0.396. The fourth-order valence-electron chi connectivity index (χ4n) is 3.49. The molecule has 118 valence electrons. The van der Waals surface area contributed by atoms with Crippen molar-refractivity contribution in [3.05, 3.63) is 29.8 Å². The van der Waals surface area contributed by atoms with E-state index in [1.807, 2.05) is 12.1 Å². The molecule has 1 fully saturated rings. The van der Waals surface area contributed by atoms with Crippen molar-refractivity contribution in [3.63, 3.8) is 0 Å². The molecule has 1 aliphatic carbocycles. The van der Waals surface area contributed by atoms with Crippen LogP contribution in [0.15, 0.2) is 24.3 Å². The highest BCUT2D eigenvalue weighted by Gasteiger charge is 2.30. The fraction of sp³-hybridized carbons (Fsp3) is 0.667. The van der Waals surface area contributed by atoms with E-state index in [0.717, 1.165) is 25.4 Å². The molecule has 21 heavy (non-hydrogen) atoms. The molecule has 0 aromatic heterocycles. The van der Waals surface area contributed by atoms with Crippen LogP contribution in [0.25, 0.3) is 0 Å². The molecular formula is C18H30N2O. The number of nitrogens with zero attached hydrogens (tertiary/aromatic N) is 1. The molecule has 0 saturated heterocycles. The summed E-state index contributed by atoms with van der Waals surface area (Å²) in [6, 6.07) is 8.28. The van der Waals surface area contributed by atoms with Crippen LogP contribution in [0.5, 0.6) is 5.75 Å².